The predicted molar refractivity (Wildman–Crippen MR) is 105 cm³/mol. The molecule has 5 nitrogen and oxygen atoms in total. The quantitative estimate of drug-likeness (QED) is 0.511. The molecule has 0 bridgehead atoms. The molecule has 0 aliphatic rings. The third kappa shape index (κ3) is 3.87. The number of hydrogen-bond donors (Lipinski definition) is 0. The van der Waals surface area contributed by atoms with Crippen molar-refractivity contribution in [2.75, 3.05) is 0 Å². The van der Waals surface area contributed by atoms with Crippen LogP contribution in [0.15, 0.2) is 85.7 Å². The van der Waals surface area contributed by atoms with E-state index in [1.807, 2.05) is 55.7 Å². The summed E-state index contributed by atoms with van der Waals surface area (Å²) in [4.78, 5) is 12.9. The van der Waals surface area contributed by atoms with Gasteiger partial charge < -0.3 is 9.30 Å². The Labute approximate surface area is 158 Å². The molecule has 1 atom stereocenters. The van der Waals surface area contributed by atoms with Crippen LogP contribution in [-0.2, 0) is 6.54 Å². The monoisotopic (exact) mass is 356 g/mol. The highest BCUT2D eigenvalue weighted by Gasteiger charge is 2.17. The summed E-state index contributed by atoms with van der Waals surface area (Å²) in [6.45, 7) is 2.72. The number of imidazole rings is 1. The van der Waals surface area contributed by atoms with Crippen molar-refractivity contribution in [1.29, 1.82) is 0 Å². The molecule has 0 aliphatic carbocycles. The van der Waals surface area contributed by atoms with Crippen molar-refractivity contribution in [2.45, 2.75) is 19.6 Å². The highest BCUT2D eigenvalue weighted by Crippen LogP contribution is 2.31. The second-order valence-electron chi connectivity index (χ2n) is 6.31. The van der Waals surface area contributed by atoms with Crippen molar-refractivity contribution >= 4 is 0 Å². The Bertz CT molecular complexity index is 985. The fourth-order valence-corrected chi connectivity index (χ4v) is 3.10. The van der Waals surface area contributed by atoms with Crippen LogP contribution in [-0.4, -0.2) is 25.6 Å². The van der Waals surface area contributed by atoms with Gasteiger partial charge in [0.1, 0.15) is 11.9 Å². The minimum absolute atomic E-state index is 0.0346. The van der Waals surface area contributed by atoms with Crippen LogP contribution < -0.4 is 4.74 Å². The molecule has 3 aromatic heterocycles. The lowest BCUT2D eigenvalue weighted by atomic mass is 10.1. The van der Waals surface area contributed by atoms with Gasteiger partial charge in [0.2, 0.25) is 0 Å². The molecule has 0 radical (unpaired) electrons. The molecule has 0 spiro atoms. The van der Waals surface area contributed by atoms with Crippen LogP contribution >= 0.6 is 0 Å². The number of pyridine rings is 2. The van der Waals surface area contributed by atoms with Crippen LogP contribution in [0.3, 0.4) is 0 Å². The maximum absolute atomic E-state index is 6.00. The second-order valence-corrected chi connectivity index (χ2v) is 6.31. The molecule has 1 aromatic carbocycles. The molecule has 0 saturated heterocycles. The molecule has 0 fully saturated rings. The number of hydrogen-bond acceptors (Lipinski definition) is 4. The van der Waals surface area contributed by atoms with Gasteiger partial charge in [-0.25, -0.2) is 4.98 Å². The molecule has 134 valence electrons. The van der Waals surface area contributed by atoms with Crippen LogP contribution in [0.2, 0.25) is 0 Å². The van der Waals surface area contributed by atoms with Gasteiger partial charge in [0, 0.05) is 29.7 Å². The SMILES string of the molecule is C[C@H](Cn1cnc(-c2ccccc2)c1-c1ccncc1)Oc1cccnc1. The van der Waals surface area contributed by atoms with Crippen LogP contribution in [0.5, 0.6) is 5.75 Å². The Morgan fingerprint density at radius 1 is 0.889 bits per heavy atom. The minimum Gasteiger partial charge on any atom is -0.487 e. The molecule has 5 heteroatoms. The van der Waals surface area contributed by atoms with Gasteiger partial charge in [-0.05, 0) is 31.2 Å². The first-order valence-corrected chi connectivity index (χ1v) is 8.89. The lowest BCUT2D eigenvalue weighted by Gasteiger charge is -2.17. The van der Waals surface area contributed by atoms with Crippen LogP contribution in [0.1, 0.15) is 6.92 Å². The summed E-state index contributed by atoms with van der Waals surface area (Å²) in [6.07, 6.45) is 8.91. The van der Waals surface area contributed by atoms with E-state index in [0.29, 0.717) is 6.54 Å². The fraction of sp³-hybridized carbons (Fsp3) is 0.136. The third-order valence-corrected chi connectivity index (χ3v) is 4.26. The molecular formula is C22H20N4O. The van der Waals surface area contributed by atoms with E-state index in [-0.39, 0.29) is 6.10 Å². The van der Waals surface area contributed by atoms with E-state index in [0.717, 1.165) is 28.3 Å². The molecule has 0 N–H and O–H groups in total. The summed E-state index contributed by atoms with van der Waals surface area (Å²) in [7, 11) is 0. The van der Waals surface area contributed by atoms with E-state index in [9.17, 15) is 0 Å². The third-order valence-electron chi connectivity index (χ3n) is 4.26. The Hall–Kier alpha value is -3.47. The maximum atomic E-state index is 6.00. The van der Waals surface area contributed by atoms with Gasteiger partial charge in [-0.2, -0.15) is 0 Å². The lowest BCUT2D eigenvalue weighted by molar-refractivity contribution is 0.199. The maximum Gasteiger partial charge on any atom is 0.138 e. The average molecular weight is 356 g/mol. The fourth-order valence-electron chi connectivity index (χ4n) is 3.10. The molecule has 3 heterocycles. The minimum atomic E-state index is -0.0346. The van der Waals surface area contributed by atoms with Gasteiger partial charge in [-0.1, -0.05) is 30.3 Å². The molecule has 0 unspecified atom stereocenters. The molecule has 27 heavy (non-hydrogen) atoms. The van der Waals surface area contributed by atoms with E-state index in [4.69, 9.17) is 9.72 Å². The smallest absolute Gasteiger partial charge is 0.138 e. The highest BCUT2D eigenvalue weighted by atomic mass is 16.5. The van der Waals surface area contributed by atoms with Crippen molar-refractivity contribution in [3.63, 3.8) is 0 Å². The van der Waals surface area contributed by atoms with Gasteiger partial charge >= 0.3 is 0 Å². The Morgan fingerprint density at radius 3 is 2.44 bits per heavy atom. The summed E-state index contributed by atoms with van der Waals surface area (Å²) in [6, 6.07) is 18.0. The van der Waals surface area contributed by atoms with E-state index < -0.39 is 0 Å². The van der Waals surface area contributed by atoms with Crippen molar-refractivity contribution < 1.29 is 4.74 Å². The van der Waals surface area contributed by atoms with E-state index >= 15 is 0 Å². The molecule has 0 amide bonds. The first-order valence-electron chi connectivity index (χ1n) is 8.89. The van der Waals surface area contributed by atoms with E-state index in [1.165, 1.54) is 0 Å². The van der Waals surface area contributed by atoms with Crippen LogP contribution in [0.25, 0.3) is 22.5 Å². The summed E-state index contributed by atoms with van der Waals surface area (Å²) in [5.41, 5.74) is 4.18. The summed E-state index contributed by atoms with van der Waals surface area (Å²) >= 11 is 0. The topological polar surface area (TPSA) is 52.8 Å². The summed E-state index contributed by atoms with van der Waals surface area (Å²) in [5.74, 6) is 0.763. The number of rotatable bonds is 6. The summed E-state index contributed by atoms with van der Waals surface area (Å²) in [5, 5.41) is 0. The van der Waals surface area contributed by atoms with Crippen LogP contribution in [0.4, 0.5) is 0 Å². The van der Waals surface area contributed by atoms with E-state index in [2.05, 4.69) is 26.7 Å². The largest absolute Gasteiger partial charge is 0.487 e. The molecular weight excluding hydrogens is 336 g/mol. The van der Waals surface area contributed by atoms with Crippen molar-refractivity contribution in [2.24, 2.45) is 0 Å². The van der Waals surface area contributed by atoms with Gasteiger partial charge in [0.15, 0.2) is 0 Å². The van der Waals surface area contributed by atoms with Crippen LogP contribution in [0, 0.1) is 0 Å². The highest BCUT2D eigenvalue weighted by molar-refractivity contribution is 5.78. The molecule has 4 aromatic rings. The lowest BCUT2D eigenvalue weighted by Crippen LogP contribution is -2.19. The number of ether oxygens (including phenoxy) is 1. The summed E-state index contributed by atoms with van der Waals surface area (Å²) < 4.78 is 8.14. The Morgan fingerprint density at radius 2 is 1.70 bits per heavy atom. The van der Waals surface area contributed by atoms with E-state index in [1.54, 1.807) is 24.8 Å². The number of nitrogens with zero attached hydrogens (tertiary/aromatic N) is 4. The Kier molecular flexibility index (Phi) is 4.92. The molecule has 0 aliphatic heterocycles. The zero-order valence-corrected chi connectivity index (χ0v) is 15.1. The van der Waals surface area contributed by atoms with Gasteiger partial charge in [0.25, 0.3) is 0 Å². The van der Waals surface area contributed by atoms with Crippen molar-refractivity contribution in [1.82, 2.24) is 19.5 Å². The second kappa shape index (κ2) is 7.83. The first-order chi connectivity index (χ1) is 13.3. The van der Waals surface area contributed by atoms with Gasteiger partial charge in [-0.15, -0.1) is 0 Å². The Balaban J connectivity index is 1.67. The molecule has 4 rings (SSSR count). The zero-order chi connectivity index (χ0) is 18.5. The molecule has 0 saturated carbocycles. The number of aromatic nitrogens is 4. The standard InChI is InChI=1S/C22H20N4O/c1-17(27-20-8-5-11-24-14-20)15-26-16-25-21(18-6-3-2-4-7-18)22(26)19-9-12-23-13-10-19/h2-14,16-17H,15H2,1H3/t17-/m1/s1. The first kappa shape index (κ1) is 17.0. The average Bonchev–Trinajstić information content (AvgIpc) is 3.13. The number of benzene rings is 1. The predicted octanol–water partition coefficient (Wildman–Crippen LogP) is 4.47. The van der Waals surface area contributed by atoms with Crippen molar-refractivity contribution in [3.8, 4) is 28.3 Å². The zero-order valence-electron chi connectivity index (χ0n) is 15.1. The normalized spacial score (nSPS) is 11.9. The van der Waals surface area contributed by atoms with Gasteiger partial charge in [-0.3, -0.25) is 9.97 Å². The van der Waals surface area contributed by atoms with Gasteiger partial charge in [0.05, 0.1) is 30.5 Å². The van der Waals surface area contributed by atoms with Crippen molar-refractivity contribution in [3.05, 3.63) is 85.7 Å².